The number of esters is 1. The molecule has 0 aliphatic heterocycles. The van der Waals surface area contributed by atoms with Gasteiger partial charge in [0.2, 0.25) is 0 Å². The minimum absolute atomic E-state index is 0.163. The maximum absolute atomic E-state index is 11.8. The molecule has 0 aliphatic rings. The van der Waals surface area contributed by atoms with Gasteiger partial charge in [-0.2, -0.15) is 0 Å². The number of aryl methyl sites for hydroxylation is 1. The van der Waals surface area contributed by atoms with Gasteiger partial charge in [-0.1, -0.05) is 41.9 Å². The maximum atomic E-state index is 11.8. The summed E-state index contributed by atoms with van der Waals surface area (Å²) in [5, 5.41) is 0.608. The summed E-state index contributed by atoms with van der Waals surface area (Å²) in [6.07, 6.45) is 0.163. The lowest BCUT2D eigenvalue weighted by molar-refractivity contribution is -0.144. The molecule has 2 N–H and O–H groups in total. The van der Waals surface area contributed by atoms with E-state index in [-0.39, 0.29) is 19.0 Å². The lowest BCUT2D eigenvalue weighted by Crippen LogP contribution is -2.09. The van der Waals surface area contributed by atoms with Gasteiger partial charge in [-0.3, -0.25) is 4.79 Å². The Hall–Kier alpha value is -2.00. The van der Waals surface area contributed by atoms with Crippen LogP contribution in [0.3, 0.4) is 0 Å². The Kier molecular flexibility index (Phi) is 4.64. The molecule has 4 heteroatoms. The van der Waals surface area contributed by atoms with Crippen molar-refractivity contribution in [3.63, 3.8) is 0 Å². The van der Waals surface area contributed by atoms with Crippen molar-refractivity contribution in [2.45, 2.75) is 20.0 Å². The van der Waals surface area contributed by atoms with Crippen LogP contribution in [0.2, 0.25) is 5.02 Å². The molecule has 2 rings (SSSR count). The summed E-state index contributed by atoms with van der Waals surface area (Å²) in [5.41, 5.74) is 9.02. The van der Waals surface area contributed by atoms with Crippen molar-refractivity contribution < 1.29 is 9.53 Å². The van der Waals surface area contributed by atoms with E-state index in [9.17, 15) is 4.79 Å². The molecule has 0 saturated heterocycles. The monoisotopic (exact) mass is 289 g/mol. The fourth-order valence-corrected chi connectivity index (χ4v) is 2.12. The first kappa shape index (κ1) is 14.4. The number of nitrogen functional groups attached to an aromatic ring is 1. The highest BCUT2D eigenvalue weighted by Crippen LogP contribution is 2.19. The molecule has 20 heavy (non-hydrogen) atoms. The molecule has 0 aromatic heterocycles. The van der Waals surface area contributed by atoms with E-state index < -0.39 is 0 Å². The standard InChI is InChI=1S/C16H16ClNO2/c1-11-6-7-13(14(17)8-11)10-20-16(19)9-12-4-2-3-5-15(12)18/h2-8H,9-10,18H2,1H3. The fraction of sp³-hybridized carbons (Fsp3) is 0.188. The van der Waals surface area contributed by atoms with Gasteiger partial charge >= 0.3 is 5.97 Å². The number of hydrogen-bond acceptors (Lipinski definition) is 3. The largest absolute Gasteiger partial charge is 0.460 e. The molecule has 0 amide bonds. The van der Waals surface area contributed by atoms with Crippen molar-refractivity contribution in [1.82, 2.24) is 0 Å². The van der Waals surface area contributed by atoms with Crippen LogP contribution in [0.1, 0.15) is 16.7 Å². The van der Waals surface area contributed by atoms with Crippen molar-refractivity contribution in [3.05, 3.63) is 64.2 Å². The predicted octanol–water partition coefficient (Wildman–Crippen LogP) is 3.52. The SMILES string of the molecule is Cc1ccc(COC(=O)Cc2ccccc2N)c(Cl)c1. The molecule has 0 atom stereocenters. The van der Waals surface area contributed by atoms with Gasteiger partial charge in [0, 0.05) is 16.3 Å². The van der Waals surface area contributed by atoms with E-state index in [1.54, 1.807) is 6.07 Å². The summed E-state index contributed by atoms with van der Waals surface area (Å²) in [6, 6.07) is 12.9. The van der Waals surface area contributed by atoms with Crippen LogP contribution in [0, 0.1) is 6.92 Å². The number of ether oxygens (including phenoxy) is 1. The zero-order valence-corrected chi connectivity index (χ0v) is 12.0. The third kappa shape index (κ3) is 3.75. The number of anilines is 1. The van der Waals surface area contributed by atoms with Crippen molar-refractivity contribution in [2.24, 2.45) is 0 Å². The van der Waals surface area contributed by atoms with E-state index in [1.807, 2.05) is 43.3 Å². The Morgan fingerprint density at radius 3 is 2.65 bits per heavy atom. The summed E-state index contributed by atoms with van der Waals surface area (Å²) < 4.78 is 5.23. The molecule has 0 spiro atoms. The van der Waals surface area contributed by atoms with E-state index in [2.05, 4.69) is 0 Å². The van der Waals surface area contributed by atoms with E-state index in [1.165, 1.54) is 0 Å². The zero-order chi connectivity index (χ0) is 14.5. The van der Waals surface area contributed by atoms with Crippen LogP contribution >= 0.6 is 11.6 Å². The van der Waals surface area contributed by atoms with Crippen LogP contribution in [0.5, 0.6) is 0 Å². The van der Waals surface area contributed by atoms with Gasteiger partial charge < -0.3 is 10.5 Å². The van der Waals surface area contributed by atoms with E-state index >= 15 is 0 Å². The minimum atomic E-state index is -0.320. The molecule has 104 valence electrons. The number of para-hydroxylation sites is 1. The first-order chi connectivity index (χ1) is 9.56. The van der Waals surface area contributed by atoms with Crippen LogP contribution < -0.4 is 5.73 Å². The summed E-state index contributed by atoms with van der Waals surface area (Å²) >= 11 is 6.09. The smallest absolute Gasteiger partial charge is 0.310 e. The highest BCUT2D eigenvalue weighted by Gasteiger charge is 2.09. The van der Waals surface area contributed by atoms with Gasteiger partial charge in [0.1, 0.15) is 6.61 Å². The first-order valence-electron chi connectivity index (χ1n) is 6.30. The molecule has 2 aromatic carbocycles. The van der Waals surface area contributed by atoms with Gasteiger partial charge in [-0.05, 0) is 30.2 Å². The van der Waals surface area contributed by atoms with Gasteiger partial charge in [0.05, 0.1) is 6.42 Å². The van der Waals surface area contributed by atoms with Crippen LogP contribution in [0.25, 0.3) is 0 Å². The molecule has 0 unspecified atom stereocenters. The molecule has 0 heterocycles. The van der Waals surface area contributed by atoms with Gasteiger partial charge in [-0.15, -0.1) is 0 Å². The number of carbonyl (C=O) groups is 1. The van der Waals surface area contributed by atoms with Gasteiger partial charge in [-0.25, -0.2) is 0 Å². The summed E-state index contributed by atoms with van der Waals surface area (Å²) in [4.78, 5) is 11.8. The molecule has 0 bridgehead atoms. The lowest BCUT2D eigenvalue weighted by atomic mass is 10.1. The average Bonchev–Trinajstić information content (AvgIpc) is 2.40. The number of benzene rings is 2. The van der Waals surface area contributed by atoms with Crippen LogP contribution in [-0.2, 0) is 22.6 Å². The maximum Gasteiger partial charge on any atom is 0.310 e. The Bertz CT molecular complexity index is 626. The number of carbonyl (C=O) groups excluding carboxylic acids is 1. The number of halogens is 1. The Balaban J connectivity index is 1.94. The van der Waals surface area contributed by atoms with Gasteiger partial charge in [0.25, 0.3) is 0 Å². The minimum Gasteiger partial charge on any atom is -0.460 e. The van der Waals surface area contributed by atoms with Crippen molar-refractivity contribution in [1.29, 1.82) is 0 Å². The molecule has 2 aromatic rings. The summed E-state index contributed by atoms with van der Waals surface area (Å²) in [7, 11) is 0. The summed E-state index contributed by atoms with van der Waals surface area (Å²) in [5.74, 6) is -0.320. The van der Waals surface area contributed by atoms with E-state index in [4.69, 9.17) is 22.1 Å². The predicted molar refractivity (Wildman–Crippen MR) is 80.5 cm³/mol. The third-order valence-corrected chi connectivity index (χ3v) is 3.34. The Labute approximate surface area is 123 Å². The van der Waals surface area contributed by atoms with Gasteiger partial charge in [0.15, 0.2) is 0 Å². The van der Waals surface area contributed by atoms with E-state index in [0.717, 1.165) is 16.7 Å². The highest BCUT2D eigenvalue weighted by molar-refractivity contribution is 6.31. The normalized spacial score (nSPS) is 10.3. The zero-order valence-electron chi connectivity index (χ0n) is 11.2. The second-order valence-electron chi connectivity index (χ2n) is 4.63. The average molecular weight is 290 g/mol. The van der Waals surface area contributed by atoms with Crippen molar-refractivity contribution >= 4 is 23.3 Å². The quantitative estimate of drug-likeness (QED) is 0.692. The van der Waals surface area contributed by atoms with Crippen molar-refractivity contribution in [2.75, 3.05) is 5.73 Å². The lowest BCUT2D eigenvalue weighted by Gasteiger charge is -2.08. The van der Waals surface area contributed by atoms with Crippen LogP contribution in [0.15, 0.2) is 42.5 Å². The molecule has 0 saturated carbocycles. The highest BCUT2D eigenvalue weighted by atomic mass is 35.5. The van der Waals surface area contributed by atoms with Crippen molar-refractivity contribution in [3.8, 4) is 0 Å². The molecule has 0 radical (unpaired) electrons. The molecule has 3 nitrogen and oxygen atoms in total. The topological polar surface area (TPSA) is 52.3 Å². The van der Waals surface area contributed by atoms with Crippen LogP contribution in [0.4, 0.5) is 5.69 Å². The number of hydrogen-bond donors (Lipinski definition) is 1. The third-order valence-electron chi connectivity index (χ3n) is 2.99. The second-order valence-corrected chi connectivity index (χ2v) is 5.04. The first-order valence-corrected chi connectivity index (χ1v) is 6.68. The number of rotatable bonds is 4. The Morgan fingerprint density at radius 1 is 1.20 bits per heavy atom. The second kappa shape index (κ2) is 6.44. The van der Waals surface area contributed by atoms with E-state index in [0.29, 0.717) is 10.7 Å². The number of nitrogens with two attached hydrogens (primary N) is 1. The molecule has 0 aliphatic carbocycles. The van der Waals surface area contributed by atoms with Crippen LogP contribution in [-0.4, -0.2) is 5.97 Å². The molecule has 0 fully saturated rings. The Morgan fingerprint density at radius 2 is 1.95 bits per heavy atom. The molecular weight excluding hydrogens is 274 g/mol. The fourth-order valence-electron chi connectivity index (χ4n) is 1.83. The molecular formula is C16H16ClNO2. The summed E-state index contributed by atoms with van der Waals surface area (Å²) in [6.45, 7) is 2.13.